The summed E-state index contributed by atoms with van der Waals surface area (Å²) in [5.74, 6) is -2.54. The van der Waals surface area contributed by atoms with Crippen LogP contribution in [0.15, 0.2) is 88.7 Å². The molecular formula is C20H17F2N3O2S3. The van der Waals surface area contributed by atoms with Crippen LogP contribution in [0.4, 0.5) is 25.8 Å². The number of benzene rings is 3. The maximum Gasteiger partial charge on any atom is 0.288 e. The lowest BCUT2D eigenvalue weighted by Gasteiger charge is -2.13. The Balaban J connectivity index is 1.68. The maximum absolute atomic E-state index is 12.7. The molecule has 0 aliphatic carbocycles. The third kappa shape index (κ3) is 6.41. The summed E-state index contributed by atoms with van der Waals surface area (Å²) in [7, 11) is -3.88. The van der Waals surface area contributed by atoms with Gasteiger partial charge >= 0.3 is 0 Å². The molecule has 0 atom stereocenters. The van der Waals surface area contributed by atoms with Crippen LogP contribution in [0.25, 0.3) is 0 Å². The first-order valence-corrected chi connectivity index (χ1v) is 11.4. The van der Waals surface area contributed by atoms with Crippen molar-refractivity contribution in [2.75, 3.05) is 15.4 Å². The summed E-state index contributed by atoms with van der Waals surface area (Å²) in [6.45, 7) is 0. The third-order valence-electron chi connectivity index (χ3n) is 3.77. The highest BCUT2D eigenvalue weighted by Crippen LogP contribution is 2.27. The SMILES string of the molecule is O=S(=O)(Nc1ccc(SC(F)F)cc1)c1cccc(NC(=S)Nc2ccccc2)c1. The molecule has 30 heavy (non-hydrogen) atoms. The van der Waals surface area contributed by atoms with Crippen molar-refractivity contribution < 1.29 is 17.2 Å². The minimum atomic E-state index is -3.88. The molecule has 3 aromatic carbocycles. The summed E-state index contributed by atoms with van der Waals surface area (Å²) in [6.07, 6.45) is 0. The molecule has 156 valence electrons. The molecule has 3 rings (SSSR count). The standard InChI is InChI=1S/C20H17F2N3O2S3/c21-19(22)29-17-11-9-15(10-12-17)25-30(26,27)18-8-4-7-16(13-18)24-20(28)23-14-5-2-1-3-6-14/h1-13,19,25H,(H2,23,24,28). The quantitative estimate of drug-likeness (QED) is 0.311. The van der Waals surface area contributed by atoms with E-state index in [-0.39, 0.29) is 10.6 Å². The second-order valence-corrected chi connectivity index (χ2v) is 9.14. The number of hydrogen-bond acceptors (Lipinski definition) is 4. The average molecular weight is 466 g/mol. The number of halogens is 2. The van der Waals surface area contributed by atoms with E-state index in [1.165, 1.54) is 36.4 Å². The zero-order valence-corrected chi connectivity index (χ0v) is 17.8. The fourth-order valence-corrected chi connectivity index (χ4v) is 4.31. The Morgan fingerprint density at radius 1 is 0.833 bits per heavy atom. The molecule has 0 saturated heterocycles. The Labute approximate surface area is 182 Å². The van der Waals surface area contributed by atoms with Crippen molar-refractivity contribution in [1.82, 2.24) is 0 Å². The van der Waals surface area contributed by atoms with Gasteiger partial charge in [-0.05, 0) is 66.8 Å². The lowest BCUT2D eigenvalue weighted by Crippen LogP contribution is -2.19. The Morgan fingerprint density at radius 3 is 2.13 bits per heavy atom. The highest BCUT2D eigenvalue weighted by Gasteiger charge is 2.15. The number of anilines is 3. The van der Waals surface area contributed by atoms with E-state index in [0.29, 0.717) is 27.5 Å². The van der Waals surface area contributed by atoms with Gasteiger partial charge in [0.15, 0.2) is 5.11 Å². The van der Waals surface area contributed by atoms with Crippen LogP contribution in [-0.4, -0.2) is 19.3 Å². The smallest absolute Gasteiger partial charge is 0.288 e. The number of nitrogens with one attached hydrogen (secondary N) is 3. The molecule has 0 bridgehead atoms. The molecule has 0 amide bonds. The molecule has 3 aromatic rings. The van der Waals surface area contributed by atoms with E-state index < -0.39 is 15.8 Å². The predicted molar refractivity (Wildman–Crippen MR) is 122 cm³/mol. The summed E-state index contributed by atoms with van der Waals surface area (Å²) < 4.78 is 52.6. The van der Waals surface area contributed by atoms with Crippen LogP contribution in [-0.2, 0) is 10.0 Å². The first kappa shape index (κ1) is 22.0. The van der Waals surface area contributed by atoms with Gasteiger partial charge in [-0.25, -0.2) is 8.42 Å². The van der Waals surface area contributed by atoms with Gasteiger partial charge in [0.2, 0.25) is 0 Å². The van der Waals surface area contributed by atoms with E-state index in [1.54, 1.807) is 12.1 Å². The normalized spacial score (nSPS) is 11.2. The van der Waals surface area contributed by atoms with E-state index in [0.717, 1.165) is 5.69 Å². The van der Waals surface area contributed by atoms with Gasteiger partial charge < -0.3 is 10.6 Å². The highest BCUT2D eigenvalue weighted by molar-refractivity contribution is 7.99. The lowest BCUT2D eigenvalue weighted by molar-refractivity contribution is 0.252. The number of rotatable bonds is 7. The summed E-state index contributed by atoms with van der Waals surface area (Å²) >= 11 is 5.65. The molecule has 0 saturated carbocycles. The Hall–Kier alpha value is -2.69. The number of hydrogen-bond donors (Lipinski definition) is 3. The van der Waals surface area contributed by atoms with Crippen LogP contribution < -0.4 is 15.4 Å². The zero-order chi connectivity index (χ0) is 21.6. The topological polar surface area (TPSA) is 70.2 Å². The number of alkyl halides is 2. The van der Waals surface area contributed by atoms with Crippen LogP contribution in [0.5, 0.6) is 0 Å². The molecule has 0 aliphatic heterocycles. The van der Waals surface area contributed by atoms with Gasteiger partial charge in [-0.15, -0.1) is 0 Å². The van der Waals surface area contributed by atoms with E-state index in [1.807, 2.05) is 30.3 Å². The zero-order valence-electron chi connectivity index (χ0n) is 15.4. The molecule has 0 spiro atoms. The van der Waals surface area contributed by atoms with E-state index in [2.05, 4.69) is 15.4 Å². The van der Waals surface area contributed by atoms with Gasteiger partial charge in [0.1, 0.15) is 0 Å². The average Bonchev–Trinajstić information content (AvgIpc) is 2.70. The Morgan fingerprint density at radius 2 is 1.47 bits per heavy atom. The molecule has 0 aliphatic rings. The van der Waals surface area contributed by atoms with Gasteiger partial charge in [0.05, 0.1) is 4.90 Å². The molecule has 3 N–H and O–H groups in total. The second kappa shape index (κ2) is 9.88. The van der Waals surface area contributed by atoms with Crippen molar-refractivity contribution in [3.05, 3.63) is 78.9 Å². The number of sulfonamides is 1. The molecule has 0 radical (unpaired) electrons. The van der Waals surface area contributed by atoms with Crippen LogP contribution in [0.2, 0.25) is 0 Å². The Kier molecular flexibility index (Phi) is 7.24. The summed E-state index contributed by atoms with van der Waals surface area (Å²) in [4.78, 5) is 0.375. The van der Waals surface area contributed by atoms with Crippen molar-refractivity contribution in [3.8, 4) is 0 Å². The van der Waals surface area contributed by atoms with E-state index in [4.69, 9.17) is 12.2 Å². The molecule has 10 heteroatoms. The van der Waals surface area contributed by atoms with Gasteiger partial charge in [-0.1, -0.05) is 36.0 Å². The highest BCUT2D eigenvalue weighted by atomic mass is 32.2. The number of para-hydroxylation sites is 1. The fourth-order valence-electron chi connectivity index (χ4n) is 2.47. The predicted octanol–water partition coefficient (Wildman–Crippen LogP) is 5.61. The summed E-state index contributed by atoms with van der Waals surface area (Å²) in [6, 6.07) is 21.2. The lowest BCUT2D eigenvalue weighted by atomic mass is 10.3. The molecule has 5 nitrogen and oxygen atoms in total. The Bertz CT molecular complexity index is 1110. The van der Waals surface area contributed by atoms with Crippen molar-refractivity contribution in [1.29, 1.82) is 0 Å². The fraction of sp³-hybridized carbons (Fsp3) is 0.0500. The molecule has 0 heterocycles. The molecule has 0 aromatic heterocycles. The second-order valence-electron chi connectivity index (χ2n) is 5.98. The third-order valence-corrected chi connectivity index (χ3v) is 6.07. The molecule has 0 unspecified atom stereocenters. The molecule has 0 fully saturated rings. The van der Waals surface area contributed by atoms with Crippen LogP contribution in [0.3, 0.4) is 0 Å². The van der Waals surface area contributed by atoms with Crippen molar-refractivity contribution in [2.24, 2.45) is 0 Å². The van der Waals surface area contributed by atoms with Gasteiger partial charge in [-0.3, -0.25) is 4.72 Å². The van der Waals surface area contributed by atoms with Crippen molar-refractivity contribution in [3.63, 3.8) is 0 Å². The monoisotopic (exact) mass is 465 g/mol. The first-order valence-electron chi connectivity index (χ1n) is 8.63. The van der Waals surface area contributed by atoms with Gasteiger partial charge in [0, 0.05) is 22.0 Å². The van der Waals surface area contributed by atoms with E-state index in [9.17, 15) is 17.2 Å². The molecular weight excluding hydrogens is 448 g/mol. The number of thioether (sulfide) groups is 1. The largest absolute Gasteiger partial charge is 0.332 e. The summed E-state index contributed by atoms with van der Waals surface area (Å²) in [5, 5.41) is 6.27. The maximum atomic E-state index is 12.7. The number of thiocarbonyl (C=S) groups is 1. The summed E-state index contributed by atoms with van der Waals surface area (Å²) in [5.41, 5.74) is 1.57. The van der Waals surface area contributed by atoms with E-state index >= 15 is 0 Å². The van der Waals surface area contributed by atoms with Crippen LogP contribution in [0.1, 0.15) is 0 Å². The minimum absolute atomic E-state index is 0.0287. The van der Waals surface area contributed by atoms with Gasteiger partial charge in [0.25, 0.3) is 15.8 Å². The van der Waals surface area contributed by atoms with Crippen molar-refractivity contribution >= 4 is 56.2 Å². The van der Waals surface area contributed by atoms with Crippen molar-refractivity contribution in [2.45, 2.75) is 15.5 Å². The van der Waals surface area contributed by atoms with Crippen LogP contribution in [0, 0.1) is 0 Å². The van der Waals surface area contributed by atoms with Crippen LogP contribution >= 0.6 is 24.0 Å². The minimum Gasteiger partial charge on any atom is -0.332 e. The first-order chi connectivity index (χ1) is 14.3. The van der Waals surface area contributed by atoms with Gasteiger partial charge in [-0.2, -0.15) is 8.78 Å².